The number of rotatable bonds is 4. The SMILES string of the molecule is CNCC1CCCN1C(=O)c1cc(C2CC2)nc2ccc(C)cc12.Cl.Cl. The first-order chi connectivity index (χ1) is 11.7. The number of fused-ring (bicyclic) bond motifs is 1. The maximum absolute atomic E-state index is 13.3. The van der Waals surface area contributed by atoms with E-state index in [1.165, 1.54) is 18.4 Å². The second-order valence-electron chi connectivity index (χ2n) is 7.24. The molecule has 0 spiro atoms. The molecule has 1 atom stereocenters. The molecule has 1 aromatic heterocycles. The number of carbonyl (C=O) groups is 1. The van der Waals surface area contributed by atoms with E-state index in [1.807, 2.05) is 7.05 Å². The van der Waals surface area contributed by atoms with Crippen molar-refractivity contribution >= 4 is 41.6 Å². The number of carbonyl (C=O) groups excluding carboxylic acids is 1. The van der Waals surface area contributed by atoms with Crippen molar-refractivity contribution in [3.8, 4) is 0 Å². The smallest absolute Gasteiger partial charge is 0.254 e. The predicted molar refractivity (Wildman–Crippen MR) is 111 cm³/mol. The summed E-state index contributed by atoms with van der Waals surface area (Å²) in [6.07, 6.45) is 4.58. The second-order valence-corrected chi connectivity index (χ2v) is 7.24. The molecule has 4 rings (SSSR count). The van der Waals surface area contributed by atoms with Crippen LogP contribution in [-0.2, 0) is 0 Å². The van der Waals surface area contributed by atoms with E-state index in [2.05, 4.69) is 41.4 Å². The van der Waals surface area contributed by atoms with Gasteiger partial charge in [0.2, 0.25) is 0 Å². The molecule has 0 bridgehead atoms. The molecule has 1 amide bonds. The van der Waals surface area contributed by atoms with Gasteiger partial charge in [-0.2, -0.15) is 0 Å². The van der Waals surface area contributed by atoms with Gasteiger partial charge in [-0.1, -0.05) is 11.6 Å². The van der Waals surface area contributed by atoms with Gasteiger partial charge >= 0.3 is 0 Å². The lowest BCUT2D eigenvalue weighted by Crippen LogP contribution is -2.41. The Morgan fingerprint density at radius 2 is 2.00 bits per heavy atom. The van der Waals surface area contributed by atoms with Crippen LogP contribution >= 0.6 is 24.8 Å². The van der Waals surface area contributed by atoms with Gasteiger partial charge in [0.05, 0.1) is 11.1 Å². The molecule has 6 heteroatoms. The van der Waals surface area contributed by atoms with Crippen molar-refractivity contribution in [2.75, 3.05) is 20.1 Å². The summed E-state index contributed by atoms with van der Waals surface area (Å²) in [4.78, 5) is 20.2. The van der Waals surface area contributed by atoms with E-state index in [0.29, 0.717) is 12.0 Å². The zero-order chi connectivity index (χ0) is 16.7. The number of nitrogens with zero attached hydrogens (tertiary/aromatic N) is 2. The first-order valence-corrected chi connectivity index (χ1v) is 9.04. The number of benzene rings is 1. The number of likely N-dealkylation sites (N-methyl/N-ethyl adjacent to an activating group) is 1. The number of aromatic nitrogens is 1. The summed E-state index contributed by atoms with van der Waals surface area (Å²) in [7, 11) is 1.96. The number of amides is 1. The Morgan fingerprint density at radius 1 is 1.23 bits per heavy atom. The van der Waals surface area contributed by atoms with Crippen LogP contribution in [0, 0.1) is 6.92 Å². The molecule has 1 aromatic carbocycles. The molecule has 2 fully saturated rings. The monoisotopic (exact) mass is 395 g/mol. The van der Waals surface area contributed by atoms with Gasteiger partial charge in [0, 0.05) is 36.1 Å². The number of pyridine rings is 1. The summed E-state index contributed by atoms with van der Waals surface area (Å²) in [6.45, 7) is 3.80. The van der Waals surface area contributed by atoms with Crippen molar-refractivity contribution < 1.29 is 4.79 Å². The average molecular weight is 396 g/mol. The predicted octanol–water partition coefficient (Wildman–Crippen LogP) is 4.09. The van der Waals surface area contributed by atoms with Gasteiger partial charge in [0.1, 0.15) is 0 Å². The van der Waals surface area contributed by atoms with E-state index in [4.69, 9.17) is 4.98 Å². The third-order valence-corrected chi connectivity index (χ3v) is 5.29. The van der Waals surface area contributed by atoms with Gasteiger partial charge in [-0.15, -0.1) is 24.8 Å². The lowest BCUT2D eigenvalue weighted by molar-refractivity contribution is 0.0739. The molecular weight excluding hydrogens is 369 g/mol. The fraction of sp³-hybridized carbons (Fsp3) is 0.500. The lowest BCUT2D eigenvalue weighted by atomic mass is 10.0. The Morgan fingerprint density at radius 3 is 2.69 bits per heavy atom. The molecular formula is C20H27Cl2N3O. The van der Waals surface area contributed by atoms with E-state index >= 15 is 0 Å². The first-order valence-electron chi connectivity index (χ1n) is 9.04. The highest BCUT2D eigenvalue weighted by atomic mass is 35.5. The molecule has 4 nitrogen and oxygen atoms in total. The van der Waals surface area contributed by atoms with Crippen molar-refractivity contribution in [3.05, 3.63) is 41.1 Å². The van der Waals surface area contributed by atoms with Gasteiger partial charge in [-0.25, -0.2) is 0 Å². The zero-order valence-corrected chi connectivity index (χ0v) is 17.0. The molecule has 2 heterocycles. The summed E-state index contributed by atoms with van der Waals surface area (Å²) in [6, 6.07) is 8.62. The summed E-state index contributed by atoms with van der Waals surface area (Å²) in [5.74, 6) is 0.724. The first kappa shape index (κ1) is 20.9. The van der Waals surface area contributed by atoms with E-state index in [-0.39, 0.29) is 30.7 Å². The van der Waals surface area contributed by atoms with Crippen LogP contribution in [0.15, 0.2) is 24.3 Å². The Bertz CT molecular complexity index is 792. The highest BCUT2D eigenvalue weighted by molar-refractivity contribution is 6.06. The Balaban J connectivity index is 0.00000121. The van der Waals surface area contributed by atoms with Gasteiger partial charge in [0.25, 0.3) is 5.91 Å². The van der Waals surface area contributed by atoms with Crippen molar-refractivity contribution in [1.82, 2.24) is 15.2 Å². The number of hydrogen-bond acceptors (Lipinski definition) is 3. The van der Waals surface area contributed by atoms with Gasteiger partial charge in [-0.3, -0.25) is 9.78 Å². The minimum Gasteiger partial charge on any atom is -0.334 e. The Kier molecular flexibility index (Phi) is 6.89. The highest BCUT2D eigenvalue weighted by Crippen LogP contribution is 2.40. The number of hydrogen-bond donors (Lipinski definition) is 1. The van der Waals surface area contributed by atoms with Crippen molar-refractivity contribution in [3.63, 3.8) is 0 Å². The minimum absolute atomic E-state index is 0. The molecule has 1 saturated heterocycles. The second kappa shape index (κ2) is 8.55. The maximum Gasteiger partial charge on any atom is 0.254 e. The number of halogens is 2. The molecule has 2 aromatic rings. The highest BCUT2D eigenvalue weighted by Gasteiger charge is 2.32. The van der Waals surface area contributed by atoms with E-state index in [9.17, 15) is 4.79 Å². The molecule has 0 radical (unpaired) electrons. The molecule has 1 unspecified atom stereocenters. The normalized spacial score (nSPS) is 19.2. The fourth-order valence-electron chi connectivity index (χ4n) is 3.83. The lowest BCUT2D eigenvalue weighted by Gasteiger charge is -2.25. The van der Waals surface area contributed by atoms with Crippen molar-refractivity contribution in [2.24, 2.45) is 0 Å². The number of aryl methyl sites for hydroxylation is 1. The summed E-state index contributed by atoms with van der Waals surface area (Å²) >= 11 is 0. The molecule has 1 aliphatic carbocycles. The molecule has 1 N–H and O–H groups in total. The summed E-state index contributed by atoms with van der Waals surface area (Å²) < 4.78 is 0. The Labute approximate surface area is 167 Å². The largest absolute Gasteiger partial charge is 0.334 e. The van der Waals surface area contributed by atoms with Crippen LogP contribution in [0.3, 0.4) is 0 Å². The van der Waals surface area contributed by atoms with Crippen LogP contribution in [-0.4, -0.2) is 42.0 Å². The standard InChI is InChI=1S/C20H25N3O.2ClH/c1-13-5-8-18-16(10-13)17(11-19(22-18)14-6-7-14)20(24)23-9-3-4-15(23)12-21-2;;/h5,8,10-11,14-15,21H,3-4,6-7,9,12H2,1-2H3;2*1H. The quantitative estimate of drug-likeness (QED) is 0.847. The summed E-state index contributed by atoms with van der Waals surface area (Å²) in [5.41, 5.74) is 4.07. The topological polar surface area (TPSA) is 45.2 Å². The fourth-order valence-corrected chi connectivity index (χ4v) is 3.83. The van der Waals surface area contributed by atoms with Crippen LogP contribution < -0.4 is 5.32 Å². The van der Waals surface area contributed by atoms with E-state index in [0.717, 1.165) is 48.1 Å². The van der Waals surface area contributed by atoms with E-state index in [1.54, 1.807) is 0 Å². The van der Waals surface area contributed by atoms with E-state index < -0.39 is 0 Å². The van der Waals surface area contributed by atoms with Crippen LogP contribution in [0.1, 0.15) is 53.2 Å². The Hall–Kier alpha value is -1.36. The summed E-state index contributed by atoms with van der Waals surface area (Å²) in [5, 5.41) is 4.23. The average Bonchev–Trinajstić information content (AvgIpc) is 3.33. The number of nitrogens with one attached hydrogen (secondary N) is 1. The third kappa shape index (κ3) is 3.98. The van der Waals surface area contributed by atoms with Crippen molar-refractivity contribution in [2.45, 2.75) is 44.6 Å². The minimum atomic E-state index is 0. The van der Waals surface area contributed by atoms with Gasteiger partial charge in [-0.05, 0) is 57.9 Å². The molecule has 2 aliphatic rings. The molecule has 26 heavy (non-hydrogen) atoms. The van der Waals surface area contributed by atoms with Crippen molar-refractivity contribution in [1.29, 1.82) is 0 Å². The number of likely N-dealkylation sites (tertiary alicyclic amines) is 1. The van der Waals surface area contributed by atoms with Crippen LogP contribution in [0.2, 0.25) is 0 Å². The molecule has 142 valence electrons. The van der Waals surface area contributed by atoms with Crippen LogP contribution in [0.5, 0.6) is 0 Å². The van der Waals surface area contributed by atoms with Gasteiger partial charge < -0.3 is 10.2 Å². The maximum atomic E-state index is 13.3. The molecule has 1 saturated carbocycles. The third-order valence-electron chi connectivity index (χ3n) is 5.29. The van der Waals surface area contributed by atoms with Crippen LogP contribution in [0.25, 0.3) is 10.9 Å². The zero-order valence-electron chi connectivity index (χ0n) is 15.3. The molecule has 1 aliphatic heterocycles. The van der Waals surface area contributed by atoms with Gasteiger partial charge in [0.15, 0.2) is 0 Å². The van der Waals surface area contributed by atoms with Crippen LogP contribution in [0.4, 0.5) is 0 Å².